The van der Waals surface area contributed by atoms with Crippen molar-refractivity contribution in [3.63, 3.8) is 0 Å². The van der Waals surface area contributed by atoms with Crippen molar-refractivity contribution in [1.29, 1.82) is 0 Å². The minimum atomic E-state index is -0.699. The lowest BCUT2D eigenvalue weighted by atomic mass is 10.1. The lowest BCUT2D eigenvalue weighted by Gasteiger charge is -2.13. The summed E-state index contributed by atoms with van der Waals surface area (Å²) in [7, 11) is 0. The minimum absolute atomic E-state index is 0.267. The Morgan fingerprint density at radius 2 is 2.00 bits per heavy atom. The van der Waals surface area contributed by atoms with E-state index in [1.54, 1.807) is 11.8 Å². The van der Waals surface area contributed by atoms with Crippen LogP contribution in [0.5, 0.6) is 0 Å². The van der Waals surface area contributed by atoms with Gasteiger partial charge in [-0.3, -0.25) is 4.79 Å². The van der Waals surface area contributed by atoms with E-state index in [0.717, 1.165) is 12.8 Å². The van der Waals surface area contributed by atoms with Gasteiger partial charge in [-0.2, -0.15) is 11.8 Å². The molecule has 0 aliphatic carbocycles. The first-order valence-corrected chi connectivity index (χ1v) is 8.44. The molecule has 0 fully saturated rings. The molecule has 1 aromatic rings. The Bertz CT molecular complexity index is 365. The van der Waals surface area contributed by atoms with E-state index in [0.29, 0.717) is 11.0 Å². The molecule has 1 unspecified atom stereocenters. The zero-order valence-electron chi connectivity index (χ0n) is 12.3. The molecule has 1 N–H and O–H groups in total. The number of carboxylic acid groups (broad SMARTS) is 1. The highest BCUT2D eigenvalue weighted by Crippen LogP contribution is 2.21. The highest BCUT2D eigenvalue weighted by molar-refractivity contribution is 8.00. The molecule has 1 aromatic carbocycles. The Morgan fingerprint density at radius 3 is 2.65 bits per heavy atom. The number of hydrogen-bond donors (Lipinski definition) is 1. The lowest BCUT2D eigenvalue weighted by Crippen LogP contribution is -2.05. The molecule has 0 saturated carbocycles. The van der Waals surface area contributed by atoms with Crippen LogP contribution in [0.1, 0.15) is 44.6 Å². The number of carboxylic acids is 1. The molecule has 0 aliphatic rings. The van der Waals surface area contributed by atoms with E-state index in [9.17, 15) is 4.79 Å². The number of thioether (sulfide) groups is 1. The zero-order chi connectivity index (χ0) is 14.6. The third-order valence-electron chi connectivity index (χ3n) is 3.32. The van der Waals surface area contributed by atoms with Crippen molar-refractivity contribution in [1.82, 2.24) is 0 Å². The standard InChI is InChI=1S/C17H25O2S/c1-2-16(20-14-13-17(18)19)12-8-4-7-11-15-9-5-3-6-10-15/h2-3,5-6,9-10,16H,4,7-8,11-14H2,1H3,(H,18,19). The van der Waals surface area contributed by atoms with Crippen molar-refractivity contribution >= 4 is 17.7 Å². The molecule has 0 aromatic heterocycles. The number of aliphatic carboxylic acids is 1. The van der Waals surface area contributed by atoms with Gasteiger partial charge < -0.3 is 5.11 Å². The van der Waals surface area contributed by atoms with Crippen molar-refractivity contribution in [3.05, 3.63) is 42.3 Å². The Morgan fingerprint density at radius 1 is 1.25 bits per heavy atom. The van der Waals surface area contributed by atoms with Crippen LogP contribution in [0.4, 0.5) is 0 Å². The van der Waals surface area contributed by atoms with E-state index in [1.807, 2.05) is 0 Å². The van der Waals surface area contributed by atoms with Crippen molar-refractivity contribution < 1.29 is 9.90 Å². The van der Waals surface area contributed by atoms with Crippen LogP contribution in [0.15, 0.2) is 30.3 Å². The molecule has 0 bridgehead atoms. The first-order chi connectivity index (χ1) is 9.72. The van der Waals surface area contributed by atoms with Crippen molar-refractivity contribution in [2.75, 3.05) is 5.75 Å². The summed E-state index contributed by atoms with van der Waals surface area (Å²) >= 11 is 1.77. The third kappa shape index (κ3) is 8.26. The normalized spacial score (nSPS) is 12.2. The fraction of sp³-hybridized carbons (Fsp3) is 0.529. The van der Waals surface area contributed by atoms with Crippen LogP contribution < -0.4 is 0 Å². The van der Waals surface area contributed by atoms with Gasteiger partial charge in [0.15, 0.2) is 0 Å². The maximum absolute atomic E-state index is 10.5. The zero-order valence-corrected chi connectivity index (χ0v) is 13.1. The van der Waals surface area contributed by atoms with Gasteiger partial charge in [0.25, 0.3) is 0 Å². The molecule has 0 amide bonds. The Hall–Kier alpha value is -0.960. The predicted octanol–water partition coefficient (Wildman–Crippen LogP) is 4.59. The monoisotopic (exact) mass is 293 g/mol. The van der Waals surface area contributed by atoms with Crippen LogP contribution in [-0.4, -0.2) is 22.1 Å². The summed E-state index contributed by atoms with van der Waals surface area (Å²) in [6.07, 6.45) is 8.50. The second-order valence-electron chi connectivity index (χ2n) is 4.97. The molecular formula is C17H25O2S. The van der Waals surface area contributed by atoms with E-state index in [4.69, 9.17) is 5.11 Å². The predicted molar refractivity (Wildman–Crippen MR) is 87.1 cm³/mol. The number of aryl methyl sites for hydroxylation is 1. The SMILES string of the molecule is C[CH]C(CCCCCc1ccccc1)SCCC(=O)O. The molecule has 0 spiro atoms. The summed E-state index contributed by atoms with van der Waals surface area (Å²) in [5.41, 5.74) is 1.42. The van der Waals surface area contributed by atoms with Gasteiger partial charge in [0.1, 0.15) is 0 Å². The molecular weight excluding hydrogens is 268 g/mol. The topological polar surface area (TPSA) is 37.3 Å². The summed E-state index contributed by atoms with van der Waals surface area (Å²) in [5, 5.41) is 9.14. The molecule has 0 heterocycles. The van der Waals surface area contributed by atoms with Crippen LogP contribution in [0, 0.1) is 6.42 Å². The van der Waals surface area contributed by atoms with Crippen LogP contribution in [0.2, 0.25) is 0 Å². The van der Waals surface area contributed by atoms with Gasteiger partial charge >= 0.3 is 5.97 Å². The van der Waals surface area contributed by atoms with Gasteiger partial charge in [0, 0.05) is 11.0 Å². The van der Waals surface area contributed by atoms with E-state index in [2.05, 4.69) is 43.7 Å². The number of hydrogen-bond acceptors (Lipinski definition) is 2. The maximum Gasteiger partial charge on any atom is 0.304 e. The van der Waals surface area contributed by atoms with E-state index >= 15 is 0 Å². The first-order valence-electron chi connectivity index (χ1n) is 7.39. The smallest absolute Gasteiger partial charge is 0.304 e. The quantitative estimate of drug-likeness (QED) is 0.606. The molecule has 2 nitrogen and oxygen atoms in total. The number of benzene rings is 1. The minimum Gasteiger partial charge on any atom is -0.481 e. The molecule has 20 heavy (non-hydrogen) atoms. The Balaban J connectivity index is 2.05. The van der Waals surface area contributed by atoms with Gasteiger partial charge in [0.2, 0.25) is 0 Å². The molecule has 0 aliphatic heterocycles. The molecule has 1 atom stereocenters. The molecule has 0 saturated heterocycles. The van der Waals surface area contributed by atoms with E-state index in [-0.39, 0.29) is 6.42 Å². The first kappa shape index (κ1) is 17.1. The molecule has 1 rings (SSSR count). The molecule has 3 heteroatoms. The maximum atomic E-state index is 10.5. The third-order valence-corrected chi connectivity index (χ3v) is 4.69. The van der Waals surface area contributed by atoms with Gasteiger partial charge in [-0.1, -0.05) is 50.1 Å². The second kappa shape index (κ2) is 10.8. The lowest BCUT2D eigenvalue weighted by molar-refractivity contribution is -0.136. The number of carbonyl (C=O) groups is 1. The average Bonchev–Trinajstić information content (AvgIpc) is 2.46. The number of unbranched alkanes of at least 4 members (excludes halogenated alkanes) is 2. The van der Waals surface area contributed by atoms with Crippen molar-refractivity contribution in [3.8, 4) is 0 Å². The Labute approximate surface area is 127 Å². The van der Waals surface area contributed by atoms with Gasteiger partial charge in [-0.15, -0.1) is 0 Å². The summed E-state index contributed by atoms with van der Waals surface area (Å²) in [6.45, 7) is 2.07. The van der Waals surface area contributed by atoms with Crippen molar-refractivity contribution in [2.45, 2.75) is 50.7 Å². The highest BCUT2D eigenvalue weighted by Gasteiger charge is 2.08. The van der Waals surface area contributed by atoms with E-state index < -0.39 is 5.97 Å². The average molecular weight is 293 g/mol. The fourth-order valence-corrected chi connectivity index (χ4v) is 3.26. The van der Waals surface area contributed by atoms with E-state index in [1.165, 1.54) is 24.8 Å². The van der Waals surface area contributed by atoms with Gasteiger partial charge in [-0.05, 0) is 31.2 Å². The molecule has 111 valence electrons. The van der Waals surface area contributed by atoms with Crippen molar-refractivity contribution in [2.24, 2.45) is 0 Å². The largest absolute Gasteiger partial charge is 0.481 e. The molecule has 1 radical (unpaired) electrons. The highest BCUT2D eigenvalue weighted by atomic mass is 32.2. The summed E-state index contributed by atoms with van der Waals surface area (Å²) < 4.78 is 0. The summed E-state index contributed by atoms with van der Waals surface area (Å²) in [6, 6.07) is 10.6. The Kier molecular flexibility index (Phi) is 9.22. The summed E-state index contributed by atoms with van der Waals surface area (Å²) in [5.74, 6) is 0.0177. The number of rotatable bonds is 11. The van der Waals surface area contributed by atoms with Gasteiger partial charge in [-0.25, -0.2) is 0 Å². The summed E-state index contributed by atoms with van der Waals surface area (Å²) in [4.78, 5) is 10.5. The van der Waals surface area contributed by atoms with Gasteiger partial charge in [0.05, 0.1) is 6.42 Å². The fourth-order valence-electron chi connectivity index (χ4n) is 2.14. The van der Waals surface area contributed by atoms with Crippen LogP contribution in [0.25, 0.3) is 0 Å². The van der Waals surface area contributed by atoms with Crippen LogP contribution in [-0.2, 0) is 11.2 Å². The van der Waals surface area contributed by atoms with Crippen LogP contribution >= 0.6 is 11.8 Å². The second-order valence-corrected chi connectivity index (χ2v) is 6.32. The van der Waals surface area contributed by atoms with Crippen LogP contribution in [0.3, 0.4) is 0 Å².